The molecule has 0 aliphatic heterocycles. The van der Waals surface area contributed by atoms with Gasteiger partial charge in [0.2, 0.25) is 0 Å². The summed E-state index contributed by atoms with van der Waals surface area (Å²) >= 11 is 0. The molecule has 1 aliphatic carbocycles. The standard InChI is InChI=1S/C19H16N2O3/c22-19(16-12-17(24-21-16)13-6-7-13)23-18(14-4-2-1-3-5-14)15-8-10-20-11-9-15/h1-5,8-13,18H,6-7H2/t18-/m0/s1. The van der Waals surface area contributed by atoms with Gasteiger partial charge in [0.15, 0.2) is 11.8 Å². The summed E-state index contributed by atoms with van der Waals surface area (Å²) in [6.07, 6.45) is 5.03. The van der Waals surface area contributed by atoms with Crippen molar-refractivity contribution in [2.24, 2.45) is 0 Å². The first-order valence-electron chi connectivity index (χ1n) is 7.94. The molecule has 5 nitrogen and oxygen atoms in total. The molecule has 5 heteroatoms. The predicted octanol–water partition coefficient (Wildman–Crippen LogP) is 3.89. The van der Waals surface area contributed by atoms with Crippen LogP contribution in [0.2, 0.25) is 0 Å². The summed E-state index contributed by atoms with van der Waals surface area (Å²) in [5, 5.41) is 3.86. The van der Waals surface area contributed by atoms with E-state index in [9.17, 15) is 4.79 Å². The molecule has 1 atom stereocenters. The van der Waals surface area contributed by atoms with Crippen LogP contribution in [0.3, 0.4) is 0 Å². The SMILES string of the molecule is O=C(O[C@@H](c1ccccc1)c1ccncc1)c1cc(C2CC2)on1. The Morgan fingerprint density at radius 2 is 1.79 bits per heavy atom. The van der Waals surface area contributed by atoms with Gasteiger partial charge < -0.3 is 9.26 Å². The number of ether oxygens (including phenoxy) is 1. The number of hydrogen-bond donors (Lipinski definition) is 0. The number of aromatic nitrogens is 2. The summed E-state index contributed by atoms with van der Waals surface area (Å²) in [4.78, 5) is 16.5. The maximum absolute atomic E-state index is 12.5. The van der Waals surface area contributed by atoms with Gasteiger partial charge in [-0.3, -0.25) is 4.98 Å². The number of pyridine rings is 1. The van der Waals surface area contributed by atoms with Crippen molar-refractivity contribution in [2.75, 3.05) is 0 Å². The van der Waals surface area contributed by atoms with Crippen molar-refractivity contribution in [2.45, 2.75) is 24.9 Å². The van der Waals surface area contributed by atoms with Crippen LogP contribution in [0.25, 0.3) is 0 Å². The quantitative estimate of drug-likeness (QED) is 0.667. The Morgan fingerprint density at radius 1 is 1.08 bits per heavy atom. The van der Waals surface area contributed by atoms with Crippen LogP contribution < -0.4 is 0 Å². The molecule has 1 aliphatic rings. The largest absolute Gasteiger partial charge is 0.448 e. The van der Waals surface area contributed by atoms with E-state index in [1.54, 1.807) is 18.5 Å². The fraction of sp³-hybridized carbons (Fsp3) is 0.211. The zero-order valence-electron chi connectivity index (χ0n) is 13.0. The average Bonchev–Trinajstić information content (AvgIpc) is 3.38. The van der Waals surface area contributed by atoms with Crippen LogP contribution in [0.15, 0.2) is 65.4 Å². The first-order valence-corrected chi connectivity index (χ1v) is 7.94. The van der Waals surface area contributed by atoms with E-state index < -0.39 is 12.1 Å². The number of esters is 1. The number of rotatable bonds is 5. The normalized spacial score (nSPS) is 15.0. The maximum Gasteiger partial charge on any atom is 0.361 e. The van der Waals surface area contributed by atoms with Gasteiger partial charge in [0.05, 0.1) is 0 Å². The van der Waals surface area contributed by atoms with Gasteiger partial charge in [-0.25, -0.2) is 4.79 Å². The van der Waals surface area contributed by atoms with E-state index in [1.807, 2.05) is 42.5 Å². The van der Waals surface area contributed by atoms with Crippen molar-refractivity contribution in [3.63, 3.8) is 0 Å². The van der Waals surface area contributed by atoms with Gasteiger partial charge in [-0.15, -0.1) is 0 Å². The lowest BCUT2D eigenvalue weighted by Crippen LogP contribution is -2.13. The van der Waals surface area contributed by atoms with Crippen molar-refractivity contribution in [1.29, 1.82) is 0 Å². The van der Waals surface area contributed by atoms with E-state index in [-0.39, 0.29) is 5.69 Å². The lowest BCUT2D eigenvalue weighted by molar-refractivity contribution is 0.0366. The van der Waals surface area contributed by atoms with E-state index in [0.717, 1.165) is 29.7 Å². The highest BCUT2D eigenvalue weighted by Crippen LogP contribution is 2.40. The Morgan fingerprint density at radius 3 is 2.50 bits per heavy atom. The molecule has 0 saturated heterocycles. The molecule has 0 N–H and O–H groups in total. The summed E-state index contributed by atoms with van der Waals surface area (Å²) in [5.41, 5.74) is 1.96. The topological polar surface area (TPSA) is 65.2 Å². The zero-order valence-corrected chi connectivity index (χ0v) is 13.0. The van der Waals surface area contributed by atoms with Crippen LogP contribution in [0.4, 0.5) is 0 Å². The van der Waals surface area contributed by atoms with Gasteiger partial charge in [-0.1, -0.05) is 35.5 Å². The van der Waals surface area contributed by atoms with Crippen molar-refractivity contribution in [1.82, 2.24) is 10.1 Å². The molecule has 24 heavy (non-hydrogen) atoms. The smallest absolute Gasteiger partial charge is 0.361 e. The minimum absolute atomic E-state index is 0.215. The van der Waals surface area contributed by atoms with Crippen molar-refractivity contribution in [3.05, 3.63) is 83.5 Å². The van der Waals surface area contributed by atoms with Crippen LogP contribution in [0.1, 0.15) is 52.2 Å². The lowest BCUT2D eigenvalue weighted by Gasteiger charge is -2.18. The summed E-state index contributed by atoms with van der Waals surface area (Å²) in [6.45, 7) is 0. The van der Waals surface area contributed by atoms with Crippen LogP contribution in [-0.4, -0.2) is 16.1 Å². The number of carbonyl (C=O) groups excluding carboxylic acids is 1. The first-order chi connectivity index (χ1) is 11.8. The maximum atomic E-state index is 12.5. The molecule has 120 valence electrons. The molecule has 0 unspecified atom stereocenters. The van der Waals surface area contributed by atoms with E-state index in [2.05, 4.69) is 10.1 Å². The third-order valence-corrected chi connectivity index (χ3v) is 4.05. The number of benzene rings is 1. The molecule has 2 aromatic heterocycles. The monoisotopic (exact) mass is 320 g/mol. The van der Waals surface area contributed by atoms with Crippen LogP contribution >= 0.6 is 0 Å². The summed E-state index contributed by atoms with van der Waals surface area (Å²) in [5.74, 6) is 0.683. The van der Waals surface area contributed by atoms with Gasteiger partial charge in [-0.05, 0) is 30.5 Å². The van der Waals surface area contributed by atoms with E-state index in [1.165, 1.54) is 0 Å². The Kier molecular flexibility index (Phi) is 3.83. The Hall–Kier alpha value is -2.95. The fourth-order valence-electron chi connectivity index (χ4n) is 2.61. The van der Waals surface area contributed by atoms with Crippen molar-refractivity contribution >= 4 is 5.97 Å². The highest BCUT2D eigenvalue weighted by atomic mass is 16.5. The second-order valence-corrected chi connectivity index (χ2v) is 5.87. The Balaban J connectivity index is 1.60. The Labute approximate surface area is 139 Å². The first kappa shape index (κ1) is 14.6. The molecular formula is C19H16N2O3. The predicted molar refractivity (Wildman–Crippen MR) is 86.4 cm³/mol. The Bertz CT molecular complexity index is 787. The minimum atomic E-state index is -0.511. The molecule has 0 spiro atoms. The minimum Gasteiger partial charge on any atom is -0.448 e. The summed E-state index contributed by atoms with van der Waals surface area (Å²) in [7, 11) is 0. The average molecular weight is 320 g/mol. The van der Waals surface area contributed by atoms with Gasteiger partial charge in [0.1, 0.15) is 5.76 Å². The highest BCUT2D eigenvalue weighted by Gasteiger charge is 2.30. The molecular weight excluding hydrogens is 304 g/mol. The third-order valence-electron chi connectivity index (χ3n) is 4.05. The molecule has 2 heterocycles. The molecule has 0 radical (unpaired) electrons. The van der Waals surface area contributed by atoms with Crippen LogP contribution in [-0.2, 0) is 4.74 Å². The van der Waals surface area contributed by atoms with E-state index in [4.69, 9.17) is 9.26 Å². The van der Waals surface area contributed by atoms with Crippen LogP contribution in [0.5, 0.6) is 0 Å². The third kappa shape index (κ3) is 3.06. The summed E-state index contributed by atoms with van der Waals surface area (Å²) < 4.78 is 11.0. The van der Waals surface area contributed by atoms with E-state index in [0.29, 0.717) is 5.92 Å². The van der Waals surface area contributed by atoms with Crippen molar-refractivity contribution < 1.29 is 14.1 Å². The molecule has 3 aromatic rings. The van der Waals surface area contributed by atoms with Gasteiger partial charge >= 0.3 is 5.97 Å². The van der Waals surface area contributed by atoms with E-state index >= 15 is 0 Å². The molecule has 1 saturated carbocycles. The second-order valence-electron chi connectivity index (χ2n) is 5.87. The number of carbonyl (C=O) groups is 1. The molecule has 1 aromatic carbocycles. The molecule has 0 bridgehead atoms. The molecule has 4 rings (SSSR count). The number of nitrogens with zero attached hydrogens (tertiary/aromatic N) is 2. The van der Waals surface area contributed by atoms with Crippen molar-refractivity contribution in [3.8, 4) is 0 Å². The van der Waals surface area contributed by atoms with Gasteiger partial charge in [-0.2, -0.15) is 0 Å². The molecule has 1 fully saturated rings. The van der Waals surface area contributed by atoms with Gasteiger partial charge in [0.25, 0.3) is 0 Å². The second kappa shape index (κ2) is 6.28. The van der Waals surface area contributed by atoms with Crippen LogP contribution in [0, 0.1) is 0 Å². The zero-order chi connectivity index (χ0) is 16.4. The highest BCUT2D eigenvalue weighted by molar-refractivity contribution is 5.87. The van der Waals surface area contributed by atoms with Gasteiger partial charge in [0, 0.05) is 29.9 Å². The lowest BCUT2D eigenvalue weighted by atomic mass is 10.0. The fourth-order valence-corrected chi connectivity index (χ4v) is 2.61. The molecule has 0 amide bonds. The summed E-state index contributed by atoms with van der Waals surface area (Å²) in [6, 6.07) is 15.0. The number of hydrogen-bond acceptors (Lipinski definition) is 5.